The maximum atomic E-state index is 13.2. The summed E-state index contributed by atoms with van der Waals surface area (Å²) in [6.45, 7) is 6.30. The Balaban J connectivity index is 3.08. The molecule has 0 aliphatic carbocycles. The molecule has 0 saturated carbocycles. The van der Waals surface area contributed by atoms with Crippen LogP contribution in [0.15, 0.2) is 22.7 Å². The lowest BCUT2D eigenvalue weighted by Gasteiger charge is -2.24. The summed E-state index contributed by atoms with van der Waals surface area (Å²) in [4.78, 5) is 23.2. The highest BCUT2D eigenvalue weighted by Gasteiger charge is 2.29. The molecule has 1 unspecified atom stereocenters. The number of hydrogen-bond acceptors (Lipinski definition) is 4. The van der Waals surface area contributed by atoms with Crippen molar-refractivity contribution in [2.45, 2.75) is 39.4 Å². The van der Waals surface area contributed by atoms with Crippen molar-refractivity contribution in [3.63, 3.8) is 0 Å². The van der Waals surface area contributed by atoms with Crippen LogP contribution < -0.4 is 0 Å². The van der Waals surface area contributed by atoms with Crippen molar-refractivity contribution < 1.29 is 23.5 Å². The summed E-state index contributed by atoms with van der Waals surface area (Å²) in [6, 6.07) is 3.94. The van der Waals surface area contributed by atoms with E-state index in [-0.39, 0.29) is 4.47 Å². The van der Waals surface area contributed by atoms with E-state index in [1.807, 2.05) is 0 Å². The molecule has 1 aromatic rings. The highest BCUT2D eigenvalue weighted by Crippen LogP contribution is 2.26. The van der Waals surface area contributed by atoms with Crippen LogP contribution in [-0.4, -0.2) is 17.5 Å². The van der Waals surface area contributed by atoms with E-state index in [4.69, 9.17) is 9.47 Å². The molecular weight excluding hydrogens is 331 g/mol. The van der Waals surface area contributed by atoms with Crippen LogP contribution in [0.4, 0.5) is 4.39 Å². The fraction of sp³-hybridized carbons (Fsp3) is 0.429. The van der Waals surface area contributed by atoms with Gasteiger partial charge in [0.05, 0.1) is 4.47 Å². The summed E-state index contributed by atoms with van der Waals surface area (Å²) >= 11 is 3.02. The van der Waals surface area contributed by atoms with Crippen molar-refractivity contribution in [1.82, 2.24) is 0 Å². The van der Waals surface area contributed by atoms with Crippen LogP contribution in [0, 0.1) is 5.82 Å². The van der Waals surface area contributed by atoms with Crippen LogP contribution in [0.3, 0.4) is 0 Å². The molecule has 0 aromatic heterocycles. The van der Waals surface area contributed by atoms with E-state index in [1.165, 1.54) is 25.1 Å². The summed E-state index contributed by atoms with van der Waals surface area (Å²) in [5.74, 6) is -1.80. The lowest BCUT2D eigenvalue weighted by atomic mass is 10.1. The van der Waals surface area contributed by atoms with Gasteiger partial charge < -0.3 is 9.47 Å². The molecule has 20 heavy (non-hydrogen) atoms. The van der Waals surface area contributed by atoms with E-state index >= 15 is 0 Å². The van der Waals surface area contributed by atoms with Gasteiger partial charge in [0.25, 0.3) is 0 Å². The summed E-state index contributed by atoms with van der Waals surface area (Å²) in [5, 5.41) is 0. The fourth-order valence-corrected chi connectivity index (χ4v) is 1.85. The average Bonchev–Trinajstić information content (AvgIpc) is 2.27. The van der Waals surface area contributed by atoms with Gasteiger partial charge >= 0.3 is 11.9 Å². The zero-order valence-electron chi connectivity index (χ0n) is 11.7. The number of carbonyl (C=O) groups excluding carboxylic acids is 2. The topological polar surface area (TPSA) is 52.6 Å². The first-order valence-electron chi connectivity index (χ1n) is 5.95. The molecule has 0 heterocycles. The number of halogens is 2. The van der Waals surface area contributed by atoms with E-state index < -0.39 is 29.5 Å². The maximum absolute atomic E-state index is 13.2. The second-order valence-electron chi connectivity index (χ2n) is 5.20. The van der Waals surface area contributed by atoms with Gasteiger partial charge in [0.15, 0.2) is 0 Å². The fourth-order valence-electron chi connectivity index (χ4n) is 1.45. The molecule has 0 aliphatic rings. The van der Waals surface area contributed by atoms with Gasteiger partial charge in [-0.25, -0.2) is 9.18 Å². The normalized spacial score (nSPS) is 12.7. The number of rotatable bonds is 3. The van der Waals surface area contributed by atoms with E-state index in [2.05, 4.69) is 15.9 Å². The Morgan fingerprint density at radius 2 is 1.90 bits per heavy atom. The van der Waals surface area contributed by atoms with Crippen molar-refractivity contribution in [3.05, 3.63) is 34.1 Å². The van der Waals surface area contributed by atoms with Crippen molar-refractivity contribution in [3.8, 4) is 0 Å². The molecule has 110 valence electrons. The van der Waals surface area contributed by atoms with Gasteiger partial charge in [0, 0.05) is 12.5 Å². The molecule has 1 atom stereocenters. The molecule has 0 aliphatic heterocycles. The van der Waals surface area contributed by atoms with Gasteiger partial charge in [-0.05, 0) is 48.8 Å². The standard InChI is InChI=1S/C14H16BrFO4/c1-8(17)19-12(13(18)20-14(2,3)4)9-5-6-11(16)10(15)7-9/h5-7,12H,1-4H3. The Hall–Kier alpha value is -1.43. The van der Waals surface area contributed by atoms with Gasteiger partial charge in [0.1, 0.15) is 11.4 Å². The summed E-state index contributed by atoms with van der Waals surface area (Å²) in [7, 11) is 0. The Morgan fingerprint density at radius 1 is 1.30 bits per heavy atom. The highest BCUT2D eigenvalue weighted by atomic mass is 79.9. The third kappa shape index (κ3) is 4.92. The van der Waals surface area contributed by atoms with Gasteiger partial charge in [-0.15, -0.1) is 0 Å². The van der Waals surface area contributed by atoms with E-state index in [1.54, 1.807) is 20.8 Å². The molecule has 0 bridgehead atoms. The van der Waals surface area contributed by atoms with Crippen LogP contribution in [0.5, 0.6) is 0 Å². The molecule has 0 spiro atoms. The predicted molar refractivity (Wildman–Crippen MR) is 74.5 cm³/mol. The van der Waals surface area contributed by atoms with E-state index in [9.17, 15) is 14.0 Å². The predicted octanol–water partition coefficient (Wildman–Crippen LogP) is 3.53. The Labute approximate surface area is 125 Å². The van der Waals surface area contributed by atoms with Crippen molar-refractivity contribution in [1.29, 1.82) is 0 Å². The smallest absolute Gasteiger partial charge is 0.352 e. The van der Waals surface area contributed by atoms with Gasteiger partial charge in [-0.2, -0.15) is 0 Å². The minimum Gasteiger partial charge on any atom is -0.457 e. The second kappa shape index (κ2) is 6.35. The second-order valence-corrected chi connectivity index (χ2v) is 6.05. The molecule has 0 fully saturated rings. The number of esters is 2. The third-order valence-electron chi connectivity index (χ3n) is 2.15. The van der Waals surface area contributed by atoms with Crippen molar-refractivity contribution in [2.24, 2.45) is 0 Å². The van der Waals surface area contributed by atoms with E-state index in [0.29, 0.717) is 5.56 Å². The third-order valence-corrected chi connectivity index (χ3v) is 2.76. The lowest BCUT2D eigenvalue weighted by molar-refractivity contribution is -0.175. The molecule has 0 radical (unpaired) electrons. The average molecular weight is 347 g/mol. The van der Waals surface area contributed by atoms with Crippen molar-refractivity contribution >= 4 is 27.9 Å². The maximum Gasteiger partial charge on any atom is 0.352 e. The van der Waals surface area contributed by atoms with Gasteiger partial charge in [-0.3, -0.25) is 4.79 Å². The molecular formula is C14H16BrFO4. The molecule has 6 heteroatoms. The first-order chi connectivity index (χ1) is 9.10. The van der Waals surface area contributed by atoms with Crippen molar-refractivity contribution in [2.75, 3.05) is 0 Å². The summed E-state index contributed by atoms with van der Waals surface area (Å²) in [6.07, 6.45) is -1.22. The quantitative estimate of drug-likeness (QED) is 0.785. The number of ether oxygens (including phenoxy) is 2. The van der Waals surface area contributed by atoms with Crippen LogP contribution in [0.2, 0.25) is 0 Å². The first kappa shape index (κ1) is 16.6. The minimum absolute atomic E-state index is 0.177. The Kier molecular flexibility index (Phi) is 5.28. The first-order valence-corrected chi connectivity index (χ1v) is 6.74. The number of hydrogen-bond donors (Lipinski definition) is 0. The molecule has 0 N–H and O–H groups in total. The largest absolute Gasteiger partial charge is 0.457 e. The summed E-state index contributed by atoms with van der Waals surface area (Å²) < 4.78 is 23.6. The van der Waals surface area contributed by atoms with Gasteiger partial charge in [0.2, 0.25) is 6.10 Å². The highest BCUT2D eigenvalue weighted by molar-refractivity contribution is 9.10. The monoisotopic (exact) mass is 346 g/mol. The van der Waals surface area contributed by atoms with Gasteiger partial charge in [-0.1, -0.05) is 6.07 Å². The van der Waals surface area contributed by atoms with Crippen LogP contribution in [0.25, 0.3) is 0 Å². The lowest BCUT2D eigenvalue weighted by Crippen LogP contribution is -2.29. The zero-order chi connectivity index (χ0) is 15.5. The number of benzene rings is 1. The summed E-state index contributed by atoms with van der Waals surface area (Å²) in [5.41, 5.74) is -0.380. The molecule has 0 amide bonds. The van der Waals surface area contributed by atoms with Crippen LogP contribution in [-0.2, 0) is 19.1 Å². The van der Waals surface area contributed by atoms with Crippen LogP contribution in [0.1, 0.15) is 39.4 Å². The molecule has 1 rings (SSSR count). The Bertz CT molecular complexity index is 522. The molecule has 1 aromatic carbocycles. The minimum atomic E-state index is -1.22. The zero-order valence-corrected chi connectivity index (χ0v) is 13.3. The molecule has 0 saturated heterocycles. The Morgan fingerprint density at radius 3 is 2.35 bits per heavy atom. The number of carbonyl (C=O) groups is 2. The van der Waals surface area contributed by atoms with E-state index in [0.717, 1.165) is 0 Å². The molecule has 4 nitrogen and oxygen atoms in total. The van der Waals surface area contributed by atoms with Crippen LogP contribution >= 0.6 is 15.9 Å². The SMILES string of the molecule is CC(=O)OC(C(=O)OC(C)(C)C)c1ccc(F)c(Br)c1.